The van der Waals surface area contributed by atoms with Crippen LogP contribution in [0.25, 0.3) is 0 Å². The Labute approximate surface area is 189 Å². The maximum atomic E-state index is 10.6. The lowest BCUT2D eigenvalue weighted by atomic mass is 10.1. The summed E-state index contributed by atoms with van der Waals surface area (Å²) in [5, 5.41) is 10.6. The minimum Gasteiger partial charge on any atom is -0.493 e. The van der Waals surface area contributed by atoms with E-state index in [0.29, 0.717) is 19.2 Å². The van der Waals surface area contributed by atoms with Gasteiger partial charge in [0.15, 0.2) is 11.5 Å². The number of aliphatic hydroxyl groups excluding tert-OH is 1. The van der Waals surface area contributed by atoms with Crippen LogP contribution in [-0.2, 0) is 6.54 Å². The molecule has 2 aliphatic heterocycles. The Morgan fingerprint density at radius 1 is 0.871 bits per heavy atom. The molecule has 0 aromatic heterocycles. The van der Waals surface area contributed by atoms with Crippen LogP contribution in [0.4, 0.5) is 0 Å². The molecule has 1 N–H and O–H groups in total. The van der Waals surface area contributed by atoms with Crippen molar-refractivity contribution in [1.82, 2.24) is 14.7 Å². The third-order valence-electron chi connectivity index (χ3n) is 6.62. The molecule has 3 rings (SSSR count). The standard InChI is InChI=1S/C25H43N3O3/c1-21(2)28-15-13-27(14-16-28)18-22-9-10-24(30-3)25(17-22)31-20-23(29)19-26-11-7-5-4-6-8-12-26/h9-10,17,21,23,29H,4-8,11-16,18-20H2,1-3H3/t23-/m0/s1. The second-order valence-electron chi connectivity index (χ2n) is 9.42. The average Bonchev–Trinajstić information content (AvgIpc) is 2.74. The van der Waals surface area contributed by atoms with Crippen LogP contribution in [0.2, 0.25) is 0 Å². The van der Waals surface area contributed by atoms with Crippen LogP contribution in [-0.4, -0.2) is 91.5 Å². The van der Waals surface area contributed by atoms with Gasteiger partial charge in [-0.05, 0) is 57.5 Å². The second kappa shape index (κ2) is 12.6. The molecule has 0 spiro atoms. The number of piperazine rings is 1. The van der Waals surface area contributed by atoms with Crippen molar-refractivity contribution in [2.24, 2.45) is 0 Å². The maximum Gasteiger partial charge on any atom is 0.161 e. The zero-order chi connectivity index (χ0) is 22.1. The molecule has 31 heavy (non-hydrogen) atoms. The summed E-state index contributed by atoms with van der Waals surface area (Å²) >= 11 is 0. The first-order valence-electron chi connectivity index (χ1n) is 12.2. The fraction of sp³-hybridized carbons (Fsp3) is 0.760. The highest BCUT2D eigenvalue weighted by atomic mass is 16.5. The quantitative estimate of drug-likeness (QED) is 0.645. The van der Waals surface area contributed by atoms with Gasteiger partial charge in [-0.25, -0.2) is 0 Å². The van der Waals surface area contributed by atoms with Gasteiger partial charge in [0.25, 0.3) is 0 Å². The third kappa shape index (κ3) is 7.94. The number of hydrogen-bond acceptors (Lipinski definition) is 6. The fourth-order valence-electron chi connectivity index (χ4n) is 4.66. The molecule has 0 unspecified atom stereocenters. The van der Waals surface area contributed by atoms with Gasteiger partial charge in [0, 0.05) is 45.3 Å². The molecular weight excluding hydrogens is 390 g/mol. The molecule has 2 saturated heterocycles. The van der Waals surface area contributed by atoms with Crippen LogP contribution in [0, 0.1) is 0 Å². The summed E-state index contributed by atoms with van der Waals surface area (Å²) in [7, 11) is 1.67. The van der Waals surface area contributed by atoms with Gasteiger partial charge in [0.1, 0.15) is 12.7 Å². The molecule has 6 nitrogen and oxygen atoms in total. The zero-order valence-corrected chi connectivity index (χ0v) is 19.9. The number of benzene rings is 1. The lowest BCUT2D eigenvalue weighted by Gasteiger charge is -2.37. The molecule has 1 aromatic carbocycles. The van der Waals surface area contributed by atoms with Gasteiger partial charge in [-0.2, -0.15) is 0 Å². The van der Waals surface area contributed by atoms with E-state index in [1.165, 1.54) is 37.7 Å². The first kappa shape index (κ1) is 24.3. The van der Waals surface area contributed by atoms with E-state index >= 15 is 0 Å². The Morgan fingerprint density at radius 3 is 2.19 bits per heavy atom. The molecule has 1 aromatic rings. The lowest BCUT2D eigenvalue weighted by molar-refractivity contribution is 0.0644. The Bertz CT molecular complexity index is 639. The van der Waals surface area contributed by atoms with E-state index in [0.717, 1.165) is 57.3 Å². The normalized spacial score (nSPS) is 20.9. The van der Waals surface area contributed by atoms with Gasteiger partial charge in [-0.3, -0.25) is 9.80 Å². The van der Waals surface area contributed by atoms with Gasteiger partial charge < -0.3 is 19.5 Å². The first-order chi connectivity index (χ1) is 15.0. The Kier molecular flexibility index (Phi) is 9.91. The highest BCUT2D eigenvalue weighted by molar-refractivity contribution is 5.43. The van der Waals surface area contributed by atoms with Crippen LogP contribution < -0.4 is 9.47 Å². The van der Waals surface area contributed by atoms with Crippen LogP contribution in [0.1, 0.15) is 51.5 Å². The van der Waals surface area contributed by atoms with Crippen molar-refractivity contribution in [2.45, 2.75) is 64.6 Å². The van der Waals surface area contributed by atoms with E-state index in [4.69, 9.17) is 9.47 Å². The Balaban J connectivity index is 1.50. The average molecular weight is 434 g/mol. The smallest absolute Gasteiger partial charge is 0.161 e. The molecule has 0 aliphatic carbocycles. The number of hydrogen-bond donors (Lipinski definition) is 1. The molecule has 6 heteroatoms. The molecule has 2 fully saturated rings. The van der Waals surface area contributed by atoms with Crippen LogP contribution in [0.5, 0.6) is 11.5 Å². The van der Waals surface area contributed by atoms with Gasteiger partial charge in [-0.15, -0.1) is 0 Å². The van der Waals surface area contributed by atoms with E-state index < -0.39 is 6.10 Å². The van der Waals surface area contributed by atoms with E-state index in [2.05, 4.69) is 40.7 Å². The number of aliphatic hydroxyl groups is 1. The first-order valence-corrected chi connectivity index (χ1v) is 12.2. The molecule has 0 bridgehead atoms. The molecule has 2 aliphatic rings. The van der Waals surface area contributed by atoms with Crippen molar-refractivity contribution >= 4 is 0 Å². The largest absolute Gasteiger partial charge is 0.493 e. The fourth-order valence-corrected chi connectivity index (χ4v) is 4.66. The second-order valence-corrected chi connectivity index (χ2v) is 9.42. The van der Waals surface area contributed by atoms with Gasteiger partial charge >= 0.3 is 0 Å². The topological polar surface area (TPSA) is 48.4 Å². The molecule has 2 heterocycles. The summed E-state index contributed by atoms with van der Waals surface area (Å²) in [6, 6.07) is 6.81. The Morgan fingerprint density at radius 2 is 1.55 bits per heavy atom. The minimum absolute atomic E-state index is 0.295. The number of likely N-dealkylation sites (tertiary alicyclic amines) is 1. The molecule has 176 valence electrons. The van der Waals surface area contributed by atoms with Crippen molar-refractivity contribution < 1.29 is 14.6 Å². The van der Waals surface area contributed by atoms with Gasteiger partial charge in [-0.1, -0.05) is 25.3 Å². The lowest BCUT2D eigenvalue weighted by Crippen LogP contribution is -2.48. The number of ether oxygens (including phenoxy) is 2. The van der Waals surface area contributed by atoms with Gasteiger partial charge in [0.2, 0.25) is 0 Å². The van der Waals surface area contributed by atoms with Crippen LogP contribution in [0.3, 0.4) is 0 Å². The minimum atomic E-state index is -0.489. The SMILES string of the molecule is COc1ccc(CN2CCN(C(C)C)CC2)cc1OC[C@@H](O)CN1CCCCCCC1. The molecule has 0 amide bonds. The van der Waals surface area contributed by atoms with E-state index in [1.54, 1.807) is 7.11 Å². The predicted octanol–water partition coefficient (Wildman–Crippen LogP) is 3.23. The predicted molar refractivity (Wildman–Crippen MR) is 126 cm³/mol. The van der Waals surface area contributed by atoms with Crippen molar-refractivity contribution in [3.8, 4) is 11.5 Å². The molecule has 0 radical (unpaired) electrons. The van der Waals surface area contributed by atoms with Crippen molar-refractivity contribution in [3.63, 3.8) is 0 Å². The summed E-state index contributed by atoms with van der Waals surface area (Å²) in [6.07, 6.45) is 5.93. The summed E-state index contributed by atoms with van der Waals surface area (Å²) in [5.74, 6) is 1.46. The van der Waals surface area contributed by atoms with E-state index in [9.17, 15) is 5.11 Å². The van der Waals surface area contributed by atoms with Gasteiger partial charge in [0.05, 0.1) is 7.11 Å². The Hall–Kier alpha value is -1.34. The zero-order valence-electron chi connectivity index (χ0n) is 19.9. The monoisotopic (exact) mass is 433 g/mol. The highest BCUT2D eigenvalue weighted by Crippen LogP contribution is 2.29. The number of β-amino-alcohol motifs (C(OH)–C–C–N with tert-alkyl or cyclic N) is 1. The van der Waals surface area contributed by atoms with E-state index in [1.807, 2.05) is 6.07 Å². The summed E-state index contributed by atoms with van der Waals surface area (Å²) in [4.78, 5) is 7.42. The molecule has 0 saturated carbocycles. The highest BCUT2D eigenvalue weighted by Gasteiger charge is 2.20. The maximum absolute atomic E-state index is 10.6. The van der Waals surface area contributed by atoms with Crippen molar-refractivity contribution in [3.05, 3.63) is 23.8 Å². The summed E-state index contributed by atoms with van der Waals surface area (Å²) in [6.45, 7) is 13.0. The van der Waals surface area contributed by atoms with Crippen LogP contribution in [0.15, 0.2) is 18.2 Å². The van der Waals surface area contributed by atoms with Crippen molar-refractivity contribution in [2.75, 3.05) is 59.5 Å². The molecule has 1 atom stereocenters. The third-order valence-corrected chi connectivity index (χ3v) is 6.62. The number of methoxy groups -OCH3 is 1. The number of rotatable bonds is 9. The summed E-state index contributed by atoms with van der Waals surface area (Å²) < 4.78 is 11.5. The number of nitrogens with zero attached hydrogens (tertiary/aromatic N) is 3. The van der Waals surface area contributed by atoms with Crippen LogP contribution >= 0.6 is 0 Å². The van der Waals surface area contributed by atoms with E-state index in [-0.39, 0.29) is 0 Å². The summed E-state index contributed by atoms with van der Waals surface area (Å²) in [5.41, 5.74) is 1.23. The molecular formula is C25H43N3O3. The van der Waals surface area contributed by atoms with Crippen molar-refractivity contribution in [1.29, 1.82) is 0 Å².